The molecule has 1 saturated heterocycles. The molecule has 4 aromatic rings. The maximum absolute atomic E-state index is 13.2. The molecule has 1 atom stereocenters. The van der Waals surface area contributed by atoms with Gasteiger partial charge >= 0.3 is 0 Å². The van der Waals surface area contributed by atoms with Gasteiger partial charge in [-0.25, -0.2) is 4.98 Å². The zero-order chi connectivity index (χ0) is 25.2. The number of amides is 1. The standard InChI is InChI=1S/C26H29N5O5/c1-33-21-11-19(12-22(34-2)25(21)35-3)31-14-23(28-15-31)29-20-10-17(9-16-6-8-36-24(16)20)26(32)30-7-4-5-18(27)13-30/h6,8-12,14-15,18,29H,4-5,7,13,27H2,1-3H3/t18-/m1/s1. The number of aromatic nitrogens is 2. The average molecular weight is 492 g/mol. The molecule has 2 aromatic heterocycles. The molecule has 3 N–H and O–H groups in total. The first-order valence-corrected chi connectivity index (χ1v) is 11.7. The zero-order valence-corrected chi connectivity index (χ0v) is 20.5. The second-order valence-electron chi connectivity index (χ2n) is 8.69. The molecule has 1 aliphatic heterocycles. The van der Waals surface area contributed by atoms with Gasteiger partial charge in [-0.3, -0.25) is 4.79 Å². The summed E-state index contributed by atoms with van der Waals surface area (Å²) in [5.74, 6) is 2.12. The Bertz CT molecular complexity index is 1370. The number of furan rings is 1. The van der Waals surface area contributed by atoms with Crippen molar-refractivity contribution in [1.82, 2.24) is 14.5 Å². The fraction of sp³-hybridized carbons (Fsp3) is 0.308. The predicted molar refractivity (Wildman–Crippen MR) is 136 cm³/mol. The number of nitrogens with zero attached hydrogens (tertiary/aromatic N) is 3. The van der Waals surface area contributed by atoms with E-state index in [0.29, 0.717) is 53.0 Å². The number of carbonyl (C=O) groups is 1. The summed E-state index contributed by atoms with van der Waals surface area (Å²) in [4.78, 5) is 19.5. The summed E-state index contributed by atoms with van der Waals surface area (Å²) in [5, 5.41) is 4.13. The smallest absolute Gasteiger partial charge is 0.254 e. The Kier molecular flexibility index (Phi) is 6.43. The van der Waals surface area contributed by atoms with Gasteiger partial charge in [-0.1, -0.05) is 0 Å². The molecule has 36 heavy (non-hydrogen) atoms. The van der Waals surface area contributed by atoms with Gasteiger partial charge in [-0.05, 0) is 31.0 Å². The number of rotatable bonds is 7. The van der Waals surface area contributed by atoms with E-state index in [4.69, 9.17) is 24.4 Å². The minimum absolute atomic E-state index is 0.0112. The number of hydrogen-bond donors (Lipinski definition) is 2. The molecule has 0 radical (unpaired) electrons. The van der Waals surface area contributed by atoms with Crippen LogP contribution in [0.1, 0.15) is 23.2 Å². The Balaban J connectivity index is 1.45. The molecule has 0 bridgehead atoms. The fourth-order valence-corrected chi connectivity index (χ4v) is 4.56. The van der Waals surface area contributed by atoms with Crippen LogP contribution in [-0.2, 0) is 0 Å². The number of piperidine rings is 1. The summed E-state index contributed by atoms with van der Waals surface area (Å²) >= 11 is 0. The normalized spacial score (nSPS) is 15.7. The minimum Gasteiger partial charge on any atom is -0.493 e. The molecule has 5 rings (SSSR count). The SMILES string of the molecule is COc1cc(-n2cnc(Nc3cc(C(=O)N4CCC[C@@H](N)C4)cc4ccoc34)c2)cc(OC)c1OC. The summed E-state index contributed by atoms with van der Waals surface area (Å²) in [7, 11) is 4.71. The van der Waals surface area contributed by atoms with E-state index in [2.05, 4.69) is 10.3 Å². The third-order valence-electron chi connectivity index (χ3n) is 6.34. The highest BCUT2D eigenvalue weighted by Crippen LogP contribution is 2.39. The van der Waals surface area contributed by atoms with Crippen LogP contribution in [0.15, 0.2) is 53.5 Å². The van der Waals surface area contributed by atoms with Crippen molar-refractivity contribution < 1.29 is 23.4 Å². The van der Waals surface area contributed by atoms with E-state index in [1.54, 1.807) is 40.0 Å². The quantitative estimate of drug-likeness (QED) is 0.399. The molecule has 0 unspecified atom stereocenters. The molecular formula is C26H29N5O5. The van der Waals surface area contributed by atoms with Crippen LogP contribution in [0.5, 0.6) is 17.2 Å². The van der Waals surface area contributed by atoms with E-state index in [0.717, 1.165) is 23.9 Å². The van der Waals surface area contributed by atoms with Crippen molar-refractivity contribution in [1.29, 1.82) is 0 Å². The van der Waals surface area contributed by atoms with Crippen molar-refractivity contribution in [2.24, 2.45) is 5.73 Å². The van der Waals surface area contributed by atoms with Gasteiger partial charge in [0.25, 0.3) is 5.91 Å². The third kappa shape index (κ3) is 4.42. The molecule has 10 nitrogen and oxygen atoms in total. The lowest BCUT2D eigenvalue weighted by atomic mass is 10.0. The molecule has 1 fully saturated rings. The monoisotopic (exact) mass is 491 g/mol. The van der Waals surface area contributed by atoms with Crippen LogP contribution in [-0.4, -0.2) is 60.8 Å². The van der Waals surface area contributed by atoms with Gasteiger partial charge in [0.1, 0.15) is 12.1 Å². The topological polar surface area (TPSA) is 117 Å². The molecule has 0 spiro atoms. The number of methoxy groups -OCH3 is 3. The Morgan fingerprint density at radius 2 is 1.92 bits per heavy atom. The number of hydrogen-bond acceptors (Lipinski definition) is 8. The second-order valence-corrected chi connectivity index (χ2v) is 8.69. The van der Waals surface area contributed by atoms with Gasteiger partial charge in [0.05, 0.1) is 45.2 Å². The van der Waals surface area contributed by atoms with Gasteiger partial charge in [0.15, 0.2) is 17.1 Å². The van der Waals surface area contributed by atoms with E-state index in [1.807, 2.05) is 39.9 Å². The Morgan fingerprint density at radius 1 is 1.14 bits per heavy atom. The third-order valence-corrected chi connectivity index (χ3v) is 6.34. The summed E-state index contributed by atoms with van der Waals surface area (Å²) in [6, 6.07) is 9.17. The number of benzene rings is 2. The number of fused-ring (bicyclic) bond motifs is 1. The second kappa shape index (κ2) is 9.82. The van der Waals surface area contributed by atoms with Crippen molar-refractivity contribution in [3.8, 4) is 22.9 Å². The van der Waals surface area contributed by atoms with Gasteiger partial charge in [0, 0.05) is 42.2 Å². The van der Waals surface area contributed by atoms with Gasteiger partial charge in [0.2, 0.25) is 5.75 Å². The lowest BCUT2D eigenvalue weighted by molar-refractivity contribution is 0.0709. The van der Waals surface area contributed by atoms with Gasteiger partial charge in [-0.15, -0.1) is 0 Å². The van der Waals surface area contributed by atoms with Crippen molar-refractivity contribution in [2.75, 3.05) is 39.7 Å². The molecule has 0 aliphatic carbocycles. The first kappa shape index (κ1) is 23.6. The molecule has 188 valence electrons. The van der Waals surface area contributed by atoms with Crippen LogP contribution >= 0.6 is 0 Å². The first-order valence-electron chi connectivity index (χ1n) is 11.7. The van der Waals surface area contributed by atoms with Gasteiger partial charge in [-0.2, -0.15) is 0 Å². The van der Waals surface area contributed by atoms with Crippen LogP contribution in [0.25, 0.3) is 16.7 Å². The minimum atomic E-state index is -0.0424. The molecule has 1 amide bonds. The van der Waals surface area contributed by atoms with Crippen molar-refractivity contribution >= 4 is 28.4 Å². The molecular weight excluding hydrogens is 462 g/mol. The largest absolute Gasteiger partial charge is 0.493 e. The van der Waals surface area contributed by atoms with Crippen molar-refractivity contribution in [2.45, 2.75) is 18.9 Å². The zero-order valence-electron chi connectivity index (χ0n) is 20.5. The molecule has 2 aromatic carbocycles. The van der Waals surface area contributed by atoms with Crippen molar-refractivity contribution in [3.63, 3.8) is 0 Å². The molecule has 10 heteroatoms. The van der Waals surface area contributed by atoms with E-state index >= 15 is 0 Å². The van der Waals surface area contributed by atoms with E-state index < -0.39 is 0 Å². The lowest BCUT2D eigenvalue weighted by Gasteiger charge is -2.31. The van der Waals surface area contributed by atoms with Crippen molar-refractivity contribution in [3.05, 3.63) is 54.7 Å². The Hall–Kier alpha value is -4.18. The van der Waals surface area contributed by atoms with Crippen LogP contribution in [0.2, 0.25) is 0 Å². The first-order chi connectivity index (χ1) is 17.5. The number of likely N-dealkylation sites (tertiary alicyclic amines) is 1. The van der Waals surface area contributed by atoms with Crippen LogP contribution < -0.4 is 25.3 Å². The van der Waals surface area contributed by atoms with Crippen LogP contribution in [0.3, 0.4) is 0 Å². The number of nitrogens with one attached hydrogen (secondary N) is 1. The molecule has 3 heterocycles. The number of imidazole rings is 1. The van der Waals surface area contributed by atoms with Crippen LogP contribution in [0, 0.1) is 0 Å². The maximum Gasteiger partial charge on any atom is 0.254 e. The molecule has 1 aliphatic rings. The highest BCUT2D eigenvalue weighted by atomic mass is 16.5. The number of anilines is 2. The Labute approximate surface area is 208 Å². The highest BCUT2D eigenvalue weighted by Gasteiger charge is 2.24. The number of nitrogens with two attached hydrogens (primary N) is 1. The Morgan fingerprint density at radius 3 is 2.61 bits per heavy atom. The summed E-state index contributed by atoms with van der Waals surface area (Å²) in [6.45, 7) is 1.27. The summed E-state index contributed by atoms with van der Waals surface area (Å²) < 4.78 is 23.9. The van der Waals surface area contributed by atoms with E-state index in [9.17, 15) is 4.79 Å². The maximum atomic E-state index is 13.2. The summed E-state index contributed by atoms with van der Waals surface area (Å²) in [5.41, 5.74) is 8.74. The van der Waals surface area contributed by atoms with E-state index in [-0.39, 0.29) is 11.9 Å². The summed E-state index contributed by atoms with van der Waals surface area (Å²) in [6.07, 6.45) is 6.95. The highest BCUT2D eigenvalue weighted by molar-refractivity contribution is 6.02. The number of carbonyl (C=O) groups excluding carboxylic acids is 1. The lowest BCUT2D eigenvalue weighted by Crippen LogP contribution is -2.45. The molecule has 0 saturated carbocycles. The van der Waals surface area contributed by atoms with Crippen LogP contribution in [0.4, 0.5) is 11.5 Å². The van der Waals surface area contributed by atoms with E-state index in [1.165, 1.54) is 0 Å². The fourth-order valence-electron chi connectivity index (χ4n) is 4.56. The average Bonchev–Trinajstić information content (AvgIpc) is 3.57. The number of ether oxygens (including phenoxy) is 3. The predicted octanol–water partition coefficient (Wildman–Crippen LogP) is 3.95. The van der Waals surface area contributed by atoms with Gasteiger partial charge < -0.3 is 39.1 Å².